The Hall–Kier alpha value is -5.32. The van der Waals surface area contributed by atoms with E-state index >= 15 is 0 Å². The summed E-state index contributed by atoms with van der Waals surface area (Å²) in [7, 11) is 0. The van der Waals surface area contributed by atoms with Crippen LogP contribution in [0.3, 0.4) is 0 Å². The molecule has 12 heteroatoms. The lowest BCUT2D eigenvalue weighted by molar-refractivity contribution is 0.0933. The number of carbonyl (C=O) groups excluding carboxylic acids is 2. The van der Waals surface area contributed by atoms with Crippen molar-refractivity contribution in [3.05, 3.63) is 147 Å². The molecule has 0 saturated heterocycles. The van der Waals surface area contributed by atoms with Gasteiger partial charge in [0, 0.05) is 35.8 Å². The van der Waals surface area contributed by atoms with Crippen LogP contribution in [0.25, 0.3) is 11.3 Å². The molecule has 0 aliphatic carbocycles. The third kappa shape index (κ3) is 7.11. The number of nitrogens with one attached hydrogen (secondary N) is 2. The standard InChI is InChI=1S/C37H32Cl2N8O2/c1-23-9-10-25(19-28(23)36(48)41-27-6-3-2-4-7-27)32-21-46(45-43-32)22-33-35(34-8-5-17-47(34)44-33)37(49)42-31(18-24-13-15-40-16-14-24)26-11-12-29(38)30(39)20-26/h2-4,6-7,9-16,19-21,31H,5,8,17-18,22H2,1H3,(H,41,48)(H,42,49). The molecule has 0 bridgehead atoms. The first-order valence-corrected chi connectivity index (χ1v) is 16.7. The van der Waals surface area contributed by atoms with Gasteiger partial charge in [0.1, 0.15) is 5.69 Å². The third-order valence-corrected chi connectivity index (χ3v) is 9.38. The number of para-hydroxylation sites is 1. The van der Waals surface area contributed by atoms with Gasteiger partial charge < -0.3 is 10.6 Å². The molecule has 10 nitrogen and oxygen atoms in total. The lowest BCUT2D eigenvalue weighted by atomic mass is 9.98. The number of carbonyl (C=O) groups is 2. The van der Waals surface area contributed by atoms with E-state index in [1.165, 1.54) is 0 Å². The molecule has 1 atom stereocenters. The van der Waals surface area contributed by atoms with E-state index in [1.807, 2.05) is 78.3 Å². The molecule has 0 fully saturated rings. The molecule has 49 heavy (non-hydrogen) atoms. The molecule has 6 aromatic rings. The maximum absolute atomic E-state index is 14.2. The first kappa shape index (κ1) is 32.2. The van der Waals surface area contributed by atoms with E-state index in [0.717, 1.165) is 53.0 Å². The average molecular weight is 692 g/mol. The summed E-state index contributed by atoms with van der Waals surface area (Å²) in [6.45, 7) is 2.88. The molecular weight excluding hydrogens is 659 g/mol. The largest absolute Gasteiger partial charge is 0.345 e. The summed E-state index contributed by atoms with van der Waals surface area (Å²) in [6, 6.07) is 23.8. The lowest BCUT2D eigenvalue weighted by Gasteiger charge is -2.20. The summed E-state index contributed by atoms with van der Waals surface area (Å²) in [5.74, 6) is -0.430. The number of anilines is 1. The number of benzene rings is 3. The van der Waals surface area contributed by atoms with Crippen LogP contribution < -0.4 is 10.6 Å². The van der Waals surface area contributed by atoms with Crippen LogP contribution in [0.1, 0.15) is 61.3 Å². The van der Waals surface area contributed by atoms with Crippen LogP contribution in [0.4, 0.5) is 5.69 Å². The van der Waals surface area contributed by atoms with Crippen molar-refractivity contribution in [3.8, 4) is 11.3 Å². The highest BCUT2D eigenvalue weighted by molar-refractivity contribution is 6.42. The Morgan fingerprint density at radius 1 is 0.939 bits per heavy atom. The predicted molar refractivity (Wildman–Crippen MR) is 189 cm³/mol. The number of amides is 2. The van der Waals surface area contributed by atoms with Gasteiger partial charge in [0.05, 0.1) is 45.8 Å². The van der Waals surface area contributed by atoms with E-state index in [-0.39, 0.29) is 24.4 Å². The third-order valence-electron chi connectivity index (χ3n) is 8.64. The van der Waals surface area contributed by atoms with Gasteiger partial charge in [-0.15, -0.1) is 5.10 Å². The molecule has 4 heterocycles. The minimum atomic E-state index is -0.387. The minimum absolute atomic E-state index is 0.204. The summed E-state index contributed by atoms with van der Waals surface area (Å²) < 4.78 is 3.58. The van der Waals surface area contributed by atoms with Crippen LogP contribution in [0.15, 0.2) is 97.5 Å². The van der Waals surface area contributed by atoms with Gasteiger partial charge in [0.2, 0.25) is 0 Å². The molecule has 1 aliphatic rings. The van der Waals surface area contributed by atoms with Gasteiger partial charge in [0.15, 0.2) is 0 Å². The van der Waals surface area contributed by atoms with Crippen molar-refractivity contribution in [2.75, 3.05) is 5.32 Å². The van der Waals surface area contributed by atoms with Crippen molar-refractivity contribution < 1.29 is 9.59 Å². The molecule has 0 radical (unpaired) electrons. The number of hydrogen-bond donors (Lipinski definition) is 2. The Morgan fingerprint density at radius 2 is 1.76 bits per heavy atom. The predicted octanol–water partition coefficient (Wildman–Crippen LogP) is 7.11. The maximum atomic E-state index is 14.2. The highest BCUT2D eigenvalue weighted by atomic mass is 35.5. The van der Waals surface area contributed by atoms with E-state index in [2.05, 4.69) is 25.9 Å². The topological polar surface area (TPSA) is 120 Å². The molecule has 7 rings (SSSR count). The second-order valence-electron chi connectivity index (χ2n) is 12.0. The lowest BCUT2D eigenvalue weighted by Crippen LogP contribution is -2.31. The molecule has 1 aliphatic heterocycles. The molecule has 0 spiro atoms. The Kier molecular flexibility index (Phi) is 9.23. The number of fused-ring (bicyclic) bond motifs is 1. The first-order valence-electron chi connectivity index (χ1n) is 15.9. The van der Waals surface area contributed by atoms with Gasteiger partial charge >= 0.3 is 0 Å². The summed E-state index contributed by atoms with van der Waals surface area (Å²) in [5.41, 5.74) is 7.35. The summed E-state index contributed by atoms with van der Waals surface area (Å²) in [5, 5.41) is 20.7. The zero-order valence-electron chi connectivity index (χ0n) is 26.6. The average Bonchev–Trinajstić information content (AvgIpc) is 3.84. The normalized spacial score (nSPS) is 12.8. The molecule has 1 unspecified atom stereocenters. The van der Waals surface area contributed by atoms with Crippen molar-refractivity contribution in [2.45, 2.75) is 45.3 Å². The van der Waals surface area contributed by atoms with Gasteiger partial charge in [-0.3, -0.25) is 19.3 Å². The van der Waals surface area contributed by atoms with E-state index < -0.39 is 0 Å². The van der Waals surface area contributed by atoms with Crippen molar-refractivity contribution in [1.29, 1.82) is 0 Å². The second-order valence-corrected chi connectivity index (χ2v) is 12.8. The summed E-state index contributed by atoms with van der Waals surface area (Å²) >= 11 is 12.6. The molecule has 246 valence electrons. The van der Waals surface area contributed by atoms with Crippen LogP contribution in [-0.4, -0.2) is 41.6 Å². The fraction of sp³-hybridized carbons (Fsp3) is 0.189. The minimum Gasteiger partial charge on any atom is -0.345 e. The van der Waals surface area contributed by atoms with Gasteiger partial charge in [-0.2, -0.15) is 5.10 Å². The van der Waals surface area contributed by atoms with E-state index in [1.54, 1.807) is 35.4 Å². The maximum Gasteiger partial charge on any atom is 0.255 e. The Balaban J connectivity index is 1.14. The molecule has 0 saturated carbocycles. The van der Waals surface area contributed by atoms with Gasteiger partial charge in [0.25, 0.3) is 11.8 Å². The monoisotopic (exact) mass is 690 g/mol. The van der Waals surface area contributed by atoms with E-state index in [0.29, 0.717) is 39.0 Å². The number of aryl methyl sites for hydroxylation is 2. The summed E-state index contributed by atoms with van der Waals surface area (Å²) in [6.07, 6.45) is 7.45. The molecule has 2 N–H and O–H groups in total. The van der Waals surface area contributed by atoms with Gasteiger partial charge in [-0.25, -0.2) is 4.68 Å². The second kappa shape index (κ2) is 14.0. The number of nitrogens with zero attached hydrogens (tertiary/aromatic N) is 6. The molecule has 3 aromatic carbocycles. The fourth-order valence-electron chi connectivity index (χ4n) is 6.13. The molecular formula is C37H32Cl2N8O2. The first-order chi connectivity index (χ1) is 23.8. The Labute approximate surface area is 293 Å². The van der Waals surface area contributed by atoms with Crippen molar-refractivity contribution in [3.63, 3.8) is 0 Å². The van der Waals surface area contributed by atoms with Crippen molar-refractivity contribution in [2.24, 2.45) is 0 Å². The smallest absolute Gasteiger partial charge is 0.255 e. The number of rotatable bonds is 10. The van der Waals surface area contributed by atoms with Crippen LogP contribution in [0, 0.1) is 6.92 Å². The van der Waals surface area contributed by atoms with Gasteiger partial charge in [-0.1, -0.05) is 64.8 Å². The number of pyridine rings is 1. The van der Waals surface area contributed by atoms with Crippen LogP contribution in [-0.2, 0) is 25.9 Å². The number of halogens is 2. The zero-order valence-corrected chi connectivity index (χ0v) is 28.1. The van der Waals surface area contributed by atoms with Gasteiger partial charge in [-0.05, 0) is 85.3 Å². The molecule has 2 amide bonds. The van der Waals surface area contributed by atoms with E-state index in [9.17, 15) is 9.59 Å². The van der Waals surface area contributed by atoms with E-state index in [4.69, 9.17) is 28.3 Å². The number of aromatic nitrogens is 6. The van der Waals surface area contributed by atoms with Crippen molar-refractivity contribution in [1.82, 2.24) is 35.1 Å². The highest BCUT2D eigenvalue weighted by Gasteiger charge is 2.29. The SMILES string of the molecule is Cc1ccc(-c2cn(Cc3nn4c(c3C(=O)NC(Cc3ccncc3)c3ccc(Cl)c(Cl)c3)CCC4)nn2)cc1C(=O)Nc1ccccc1. The Morgan fingerprint density at radius 3 is 2.55 bits per heavy atom. The zero-order chi connectivity index (χ0) is 33.9. The highest BCUT2D eigenvalue weighted by Crippen LogP contribution is 2.29. The quantitative estimate of drug-likeness (QED) is 0.158. The van der Waals surface area contributed by atoms with Crippen molar-refractivity contribution >= 4 is 40.7 Å². The van der Waals surface area contributed by atoms with Crippen LogP contribution in [0.2, 0.25) is 10.0 Å². The van der Waals surface area contributed by atoms with Crippen LogP contribution >= 0.6 is 23.2 Å². The fourth-order valence-corrected chi connectivity index (χ4v) is 6.44. The Bertz CT molecular complexity index is 2150. The van der Waals surface area contributed by atoms with Crippen LogP contribution in [0.5, 0.6) is 0 Å². The molecule has 3 aromatic heterocycles. The number of hydrogen-bond acceptors (Lipinski definition) is 6. The summed E-state index contributed by atoms with van der Waals surface area (Å²) in [4.78, 5) is 31.4.